The van der Waals surface area contributed by atoms with Crippen molar-refractivity contribution in [1.82, 2.24) is 9.38 Å². The van der Waals surface area contributed by atoms with Crippen LogP contribution in [-0.2, 0) is 7.05 Å². The Labute approximate surface area is 144 Å². The zero-order chi connectivity index (χ0) is 16.7. The first-order valence-electron chi connectivity index (χ1n) is 8.55. The molecular weight excluding hydrogens is 306 g/mol. The molecule has 3 heterocycles. The van der Waals surface area contributed by atoms with Crippen LogP contribution >= 0.6 is 0 Å². The molecule has 0 amide bonds. The van der Waals surface area contributed by atoms with Gasteiger partial charge in [-0.3, -0.25) is 4.40 Å². The van der Waals surface area contributed by atoms with E-state index in [0.29, 0.717) is 0 Å². The van der Waals surface area contributed by atoms with E-state index in [9.17, 15) is 0 Å². The van der Waals surface area contributed by atoms with Gasteiger partial charge >= 0.3 is 0 Å². The molecule has 0 spiro atoms. The lowest BCUT2D eigenvalue weighted by atomic mass is 9.96. The molecule has 6 rings (SSSR count). The molecule has 3 nitrogen and oxygen atoms in total. The van der Waals surface area contributed by atoms with Gasteiger partial charge in [0.25, 0.3) is 0 Å². The summed E-state index contributed by atoms with van der Waals surface area (Å²) in [6, 6.07) is 17.4. The number of hydrogen-bond acceptors (Lipinski definition) is 1. The molecule has 0 bridgehead atoms. The maximum absolute atomic E-state index is 4.66. The van der Waals surface area contributed by atoms with Gasteiger partial charge < -0.3 is 0 Å². The van der Waals surface area contributed by atoms with Crippen LogP contribution in [0.1, 0.15) is 5.56 Å². The molecule has 0 saturated heterocycles. The van der Waals surface area contributed by atoms with Crippen molar-refractivity contribution in [3.8, 4) is 0 Å². The highest BCUT2D eigenvalue weighted by atomic mass is 15.0. The van der Waals surface area contributed by atoms with Gasteiger partial charge in [-0.25, -0.2) is 9.55 Å². The van der Waals surface area contributed by atoms with E-state index in [2.05, 4.69) is 82.7 Å². The van der Waals surface area contributed by atoms with Crippen LogP contribution in [0, 0.1) is 6.92 Å². The van der Waals surface area contributed by atoms with Crippen molar-refractivity contribution in [3.05, 3.63) is 66.6 Å². The van der Waals surface area contributed by atoms with Gasteiger partial charge in [0, 0.05) is 6.07 Å². The normalized spacial score (nSPS) is 12.4. The standard InChI is InChI=1S/C22H16N3/c1-13-16-6-4-3-5-15(16)11-18-19(13)22-20-14(9-10-24(22)2)7-8-17-21(20)25(18)12-23-17/h3-12H,1-2H3/q+1. The van der Waals surface area contributed by atoms with Crippen LogP contribution in [0.2, 0.25) is 0 Å². The number of imidazole rings is 1. The van der Waals surface area contributed by atoms with Gasteiger partial charge in [-0.1, -0.05) is 30.3 Å². The van der Waals surface area contributed by atoms with Gasteiger partial charge in [0.05, 0.1) is 27.3 Å². The molecule has 0 aliphatic rings. The van der Waals surface area contributed by atoms with Gasteiger partial charge in [0.15, 0.2) is 6.20 Å². The van der Waals surface area contributed by atoms with Crippen molar-refractivity contribution in [2.75, 3.05) is 0 Å². The van der Waals surface area contributed by atoms with Crippen LogP contribution in [-0.4, -0.2) is 9.38 Å². The highest BCUT2D eigenvalue weighted by molar-refractivity contribution is 6.22. The third-order valence-electron chi connectivity index (χ3n) is 5.59. The summed E-state index contributed by atoms with van der Waals surface area (Å²) in [6.45, 7) is 2.24. The Morgan fingerprint density at radius 3 is 2.76 bits per heavy atom. The molecule has 0 atom stereocenters. The number of hydrogen-bond donors (Lipinski definition) is 0. The first-order chi connectivity index (χ1) is 12.2. The zero-order valence-corrected chi connectivity index (χ0v) is 14.1. The Hall–Kier alpha value is -3.20. The van der Waals surface area contributed by atoms with Gasteiger partial charge in [-0.05, 0) is 40.8 Å². The second-order valence-corrected chi connectivity index (χ2v) is 6.90. The summed E-state index contributed by atoms with van der Waals surface area (Å²) in [5.41, 5.74) is 6.10. The Bertz CT molecular complexity index is 1460. The summed E-state index contributed by atoms with van der Waals surface area (Å²) in [6.07, 6.45) is 4.13. The quantitative estimate of drug-likeness (QED) is 0.229. The predicted molar refractivity (Wildman–Crippen MR) is 102 cm³/mol. The number of nitrogens with zero attached hydrogens (tertiary/aromatic N) is 3. The lowest BCUT2D eigenvalue weighted by molar-refractivity contribution is -0.643. The molecule has 0 unspecified atom stereocenters. The van der Waals surface area contributed by atoms with Crippen LogP contribution in [0.3, 0.4) is 0 Å². The summed E-state index contributed by atoms with van der Waals surface area (Å²) >= 11 is 0. The Balaban J connectivity index is 2.10. The molecule has 118 valence electrons. The van der Waals surface area contributed by atoms with Crippen LogP contribution in [0.15, 0.2) is 61.1 Å². The highest BCUT2D eigenvalue weighted by Gasteiger charge is 2.22. The number of rotatable bonds is 0. The van der Waals surface area contributed by atoms with Crippen molar-refractivity contribution in [2.45, 2.75) is 6.92 Å². The molecule has 25 heavy (non-hydrogen) atoms. The average Bonchev–Trinajstić information content (AvgIpc) is 3.07. The molecule has 3 aromatic carbocycles. The Morgan fingerprint density at radius 2 is 1.84 bits per heavy atom. The van der Waals surface area contributed by atoms with Crippen molar-refractivity contribution in [3.63, 3.8) is 0 Å². The fourth-order valence-electron chi connectivity index (χ4n) is 4.44. The maximum atomic E-state index is 4.66. The van der Waals surface area contributed by atoms with E-state index in [4.69, 9.17) is 0 Å². The molecule has 3 heteroatoms. The van der Waals surface area contributed by atoms with Gasteiger partial charge in [0.2, 0.25) is 5.52 Å². The number of aryl methyl sites for hydroxylation is 2. The monoisotopic (exact) mass is 322 g/mol. The van der Waals surface area contributed by atoms with Gasteiger partial charge in [0.1, 0.15) is 13.4 Å². The average molecular weight is 322 g/mol. The number of pyridine rings is 2. The minimum atomic E-state index is 1.05. The molecule has 0 fully saturated rings. The second kappa shape index (κ2) is 4.25. The summed E-state index contributed by atoms with van der Waals surface area (Å²) in [5, 5.41) is 6.46. The Morgan fingerprint density at radius 1 is 0.960 bits per heavy atom. The van der Waals surface area contributed by atoms with Crippen molar-refractivity contribution >= 4 is 49.0 Å². The van der Waals surface area contributed by atoms with Crippen LogP contribution in [0.4, 0.5) is 0 Å². The zero-order valence-electron chi connectivity index (χ0n) is 14.1. The first kappa shape index (κ1) is 13.1. The lowest BCUT2D eigenvalue weighted by Crippen LogP contribution is -2.28. The largest absolute Gasteiger partial charge is 0.297 e. The SMILES string of the molecule is Cc1c2ccccc2cc2c1c1c3c(ccc4ncn2c43)cc[n+]1C. The summed E-state index contributed by atoms with van der Waals surface area (Å²) in [7, 11) is 2.14. The van der Waals surface area contributed by atoms with E-state index in [1.54, 1.807) is 0 Å². The third-order valence-corrected chi connectivity index (χ3v) is 5.59. The van der Waals surface area contributed by atoms with Crippen LogP contribution in [0.25, 0.3) is 49.0 Å². The molecule has 0 radical (unpaired) electrons. The molecule has 6 aromatic rings. The van der Waals surface area contributed by atoms with E-state index in [1.807, 2.05) is 6.33 Å². The van der Waals surface area contributed by atoms with E-state index < -0.39 is 0 Å². The lowest BCUT2D eigenvalue weighted by Gasteiger charge is -2.13. The number of benzene rings is 3. The van der Waals surface area contributed by atoms with Crippen LogP contribution < -0.4 is 4.57 Å². The van der Waals surface area contributed by atoms with E-state index >= 15 is 0 Å². The van der Waals surface area contributed by atoms with E-state index in [1.165, 1.54) is 49.0 Å². The van der Waals surface area contributed by atoms with Gasteiger partial charge in [-0.2, -0.15) is 0 Å². The highest BCUT2D eigenvalue weighted by Crippen LogP contribution is 2.37. The first-order valence-corrected chi connectivity index (χ1v) is 8.55. The fourth-order valence-corrected chi connectivity index (χ4v) is 4.44. The third kappa shape index (κ3) is 1.47. The molecular formula is C22H16N3+. The smallest absolute Gasteiger partial charge is 0.224 e. The minimum Gasteiger partial charge on any atom is -0.297 e. The van der Waals surface area contributed by atoms with Crippen molar-refractivity contribution in [2.24, 2.45) is 7.05 Å². The predicted octanol–water partition coefficient (Wildman–Crippen LogP) is 4.52. The molecule has 0 saturated carbocycles. The second-order valence-electron chi connectivity index (χ2n) is 6.90. The fraction of sp³-hybridized carbons (Fsp3) is 0.0909. The van der Waals surface area contributed by atoms with Gasteiger partial charge in [-0.15, -0.1) is 0 Å². The van der Waals surface area contributed by atoms with E-state index in [-0.39, 0.29) is 0 Å². The maximum Gasteiger partial charge on any atom is 0.224 e. The summed E-state index contributed by atoms with van der Waals surface area (Å²) in [4.78, 5) is 4.66. The summed E-state index contributed by atoms with van der Waals surface area (Å²) in [5.74, 6) is 0. The van der Waals surface area contributed by atoms with Crippen molar-refractivity contribution < 1.29 is 4.57 Å². The Kier molecular flexibility index (Phi) is 2.23. The molecule has 0 N–H and O–H groups in total. The number of fused-ring (bicyclic) bond motifs is 4. The molecule has 3 aromatic heterocycles. The van der Waals surface area contributed by atoms with E-state index in [0.717, 1.165) is 5.52 Å². The molecule has 0 aliphatic carbocycles. The minimum absolute atomic E-state index is 1.05. The topological polar surface area (TPSA) is 21.2 Å². The summed E-state index contributed by atoms with van der Waals surface area (Å²) < 4.78 is 4.51. The molecule has 0 aliphatic heterocycles. The van der Waals surface area contributed by atoms with Crippen molar-refractivity contribution in [1.29, 1.82) is 0 Å². The van der Waals surface area contributed by atoms with Crippen LogP contribution in [0.5, 0.6) is 0 Å². The number of aromatic nitrogens is 3.